The van der Waals surface area contributed by atoms with E-state index in [0.29, 0.717) is 18.7 Å². The molecule has 2 rings (SSSR count). The molecule has 1 fully saturated rings. The number of likely N-dealkylation sites (tertiary alicyclic amines) is 1. The summed E-state index contributed by atoms with van der Waals surface area (Å²) in [5.41, 5.74) is 0.434. The molecule has 2 amide bonds. The Balaban J connectivity index is 1.84. The predicted octanol–water partition coefficient (Wildman–Crippen LogP) is 2.00. The highest BCUT2D eigenvalue weighted by atomic mass is 19.1. The van der Waals surface area contributed by atoms with E-state index in [9.17, 15) is 14.0 Å². The summed E-state index contributed by atoms with van der Waals surface area (Å²) in [4.78, 5) is 23.9. The smallest absolute Gasteiger partial charge is 0.317 e. The number of hydrogen-bond donors (Lipinski definition) is 2. The van der Waals surface area contributed by atoms with Crippen LogP contribution in [0.2, 0.25) is 0 Å². The molecule has 2 N–H and O–H groups in total. The van der Waals surface area contributed by atoms with E-state index in [1.54, 1.807) is 25.1 Å². The number of aliphatic carboxylic acids is 1. The lowest BCUT2D eigenvalue weighted by molar-refractivity contribution is -0.139. The van der Waals surface area contributed by atoms with Crippen molar-refractivity contribution >= 4 is 12.0 Å². The van der Waals surface area contributed by atoms with Crippen molar-refractivity contribution < 1.29 is 19.1 Å². The van der Waals surface area contributed by atoms with Crippen molar-refractivity contribution in [3.63, 3.8) is 0 Å². The summed E-state index contributed by atoms with van der Waals surface area (Å²) in [6, 6.07) is 5.57. The van der Waals surface area contributed by atoms with Gasteiger partial charge >= 0.3 is 12.0 Å². The van der Waals surface area contributed by atoms with E-state index in [1.165, 1.54) is 11.0 Å². The summed E-state index contributed by atoms with van der Waals surface area (Å²) < 4.78 is 13.6. The van der Waals surface area contributed by atoms with Crippen molar-refractivity contribution in [3.8, 4) is 0 Å². The number of halogens is 1. The lowest BCUT2D eigenvalue weighted by Crippen LogP contribution is -2.54. The average molecular weight is 280 g/mol. The molecule has 20 heavy (non-hydrogen) atoms. The third kappa shape index (κ3) is 3.26. The first kappa shape index (κ1) is 14.3. The second kappa shape index (κ2) is 5.90. The third-order valence-corrected chi connectivity index (χ3v) is 3.42. The number of amides is 2. The van der Waals surface area contributed by atoms with Gasteiger partial charge in [-0.25, -0.2) is 9.18 Å². The maximum atomic E-state index is 13.6. The number of nitrogens with one attached hydrogen (secondary N) is 1. The maximum absolute atomic E-state index is 13.6. The molecule has 1 saturated heterocycles. The molecular formula is C14H17FN2O3. The fraction of sp³-hybridized carbons (Fsp3) is 0.429. The SMILES string of the molecule is CC(NC(=O)N1CC(CC(=O)O)C1)c1ccccc1F. The van der Waals surface area contributed by atoms with Gasteiger partial charge in [0.05, 0.1) is 12.5 Å². The van der Waals surface area contributed by atoms with Gasteiger partial charge in [-0.2, -0.15) is 0 Å². The normalized spacial score (nSPS) is 16.4. The summed E-state index contributed by atoms with van der Waals surface area (Å²) in [5.74, 6) is -1.19. The van der Waals surface area contributed by atoms with E-state index in [2.05, 4.69) is 5.32 Å². The van der Waals surface area contributed by atoms with Gasteiger partial charge < -0.3 is 15.3 Å². The van der Waals surface area contributed by atoms with Crippen LogP contribution >= 0.6 is 0 Å². The van der Waals surface area contributed by atoms with E-state index in [1.807, 2.05) is 0 Å². The van der Waals surface area contributed by atoms with Gasteiger partial charge in [-0.15, -0.1) is 0 Å². The monoisotopic (exact) mass is 280 g/mol. The number of carboxylic acid groups (broad SMARTS) is 1. The van der Waals surface area contributed by atoms with Gasteiger partial charge in [0.15, 0.2) is 0 Å². The molecule has 6 heteroatoms. The molecule has 1 aliphatic heterocycles. The highest BCUT2D eigenvalue weighted by Gasteiger charge is 2.32. The summed E-state index contributed by atoms with van der Waals surface area (Å²) in [6.07, 6.45) is 0.0760. The Morgan fingerprint density at radius 1 is 1.45 bits per heavy atom. The second-order valence-corrected chi connectivity index (χ2v) is 5.06. The maximum Gasteiger partial charge on any atom is 0.317 e. The van der Waals surface area contributed by atoms with Gasteiger partial charge in [0, 0.05) is 24.6 Å². The minimum absolute atomic E-state index is 0.0158. The molecule has 1 heterocycles. The zero-order valence-corrected chi connectivity index (χ0v) is 11.2. The molecule has 108 valence electrons. The van der Waals surface area contributed by atoms with Crippen LogP contribution in [0.15, 0.2) is 24.3 Å². The topological polar surface area (TPSA) is 69.6 Å². The van der Waals surface area contributed by atoms with E-state index in [4.69, 9.17) is 5.11 Å². The minimum Gasteiger partial charge on any atom is -0.481 e. The molecule has 5 nitrogen and oxygen atoms in total. The van der Waals surface area contributed by atoms with Crippen LogP contribution < -0.4 is 5.32 Å². The van der Waals surface area contributed by atoms with Crippen molar-refractivity contribution in [2.24, 2.45) is 5.92 Å². The fourth-order valence-electron chi connectivity index (χ4n) is 2.29. The lowest BCUT2D eigenvalue weighted by atomic mass is 9.97. The molecule has 1 atom stereocenters. The van der Waals surface area contributed by atoms with Crippen molar-refractivity contribution in [2.45, 2.75) is 19.4 Å². The second-order valence-electron chi connectivity index (χ2n) is 5.06. The van der Waals surface area contributed by atoms with Gasteiger partial charge in [0.25, 0.3) is 0 Å². The van der Waals surface area contributed by atoms with E-state index >= 15 is 0 Å². The van der Waals surface area contributed by atoms with Crippen LogP contribution in [0, 0.1) is 11.7 Å². The third-order valence-electron chi connectivity index (χ3n) is 3.42. The van der Waals surface area contributed by atoms with Crippen molar-refractivity contribution in [1.29, 1.82) is 0 Å². The minimum atomic E-state index is -0.852. The molecule has 0 saturated carbocycles. The summed E-state index contributed by atoms with van der Waals surface area (Å²) in [6.45, 7) is 2.58. The Kier molecular flexibility index (Phi) is 4.22. The van der Waals surface area contributed by atoms with Gasteiger partial charge in [0.1, 0.15) is 5.82 Å². The Labute approximate surface area is 116 Å². The Bertz CT molecular complexity index is 515. The van der Waals surface area contributed by atoms with Gasteiger partial charge in [-0.05, 0) is 13.0 Å². The molecule has 0 bridgehead atoms. The van der Waals surface area contributed by atoms with Crippen LogP contribution in [0.3, 0.4) is 0 Å². The highest BCUT2D eigenvalue weighted by molar-refractivity contribution is 5.76. The van der Waals surface area contributed by atoms with Crippen molar-refractivity contribution in [3.05, 3.63) is 35.6 Å². The predicted molar refractivity (Wildman–Crippen MR) is 70.7 cm³/mol. The first-order chi connectivity index (χ1) is 9.47. The number of carbonyl (C=O) groups is 2. The number of urea groups is 1. The standard InChI is InChI=1S/C14H17FN2O3/c1-9(11-4-2-3-5-12(11)15)16-14(20)17-7-10(8-17)6-13(18)19/h2-5,9-10H,6-8H2,1H3,(H,16,20)(H,18,19). The number of rotatable bonds is 4. The Morgan fingerprint density at radius 2 is 2.10 bits per heavy atom. The largest absolute Gasteiger partial charge is 0.481 e. The zero-order chi connectivity index (χ0) is 14.7. The highest BCUT2D eigenvalue weighted by Crippen LogP contribution is 2.21. The van der Waals surface area contributed by atoms with Crippen LogP contribution in [0.4, 0.5) is 9.18 Å². The summed E-state index contributed by atoms with van der Waals surface area (Å²) >= 11 is 0. The van der Waals surface area contributed by atoms with Gasteiger partial charge in [-0.3, -0.25) is 4.79 Å². The fourth-order valence-corrected chi connectivity index (χ4v) is 2.29. The Morgan fingerprint density at radius 3 is 2.70 bits per heavy atom. The van der Waals surface area contributed by atoms with Crippen LogP contribution in [-0.2, 0) is 4.79 Å². The van der Waals surface area contributed by atoms with E-state index < -0.39 is 12.0 Å². The molecule has 1 unspecified atom stereocenters. The molecule has 0 aliphatic carbocycles. The van der Waals surface area contributed by atoms with Crippen molar-refractivity contribution in [1.82, 2.24) is 10.2 Å². The van der Waals surface area contributed by atoms with Crippen LogP contribution in [0.1, 0.15) is 24.9 Å². The average Bonchev–Trinajstić information content (AvgIpc) is 2.33. The molecule has 0 spiro atoms. The molecule has 0 radical (unpaired) electrons. The van der Waals surface area contributed by atoms with Crippen LogP contribution in [0.5, 0.6) is 0 Å². The van der Waals surface area contributed by atoms with Gasteiger partial charge in [-0.1, -0.05) is 18.2 Å². The first-order valence-electron chi connectivity index (χ1n) is 6.49. The number of nitrogens with zero attached hydrogens (tertiary/aromatic N) is 1. The Hall–Kier alpha value is -2.11. The summed E-state index contributed by atoms with van der Waals surface area (Å²) in [7, 11) is 0. The van der Waals surface area contributed by atoms with Crippen LogP contribution in [0.25, 0.3) is 0 Å². The molecule has 1 aliphatic rings. The summed E-state index contributed by atoms with van der Waals surface area (Å²) in [5, 5.41) is 11.4. The molecular weight excluding hydrogens is 263 g/mol. The molecule has 0 aromatic heterocycles. The van der Waals surface area contributed by atoms with Crippen molar-refractivity contribution in [2.75, 3.05) is 13.1 Å². The zero-order valence-electron chi connectivity index (χ0n) is 11.2. The molecule has 1 aromatic carbocycles. The van der Waals surface area contributed by atoms with Crippen LogP contribution in [-0.4, -0.2) is 35.1 Å². The van der Waals surface area contributed by atoms with Gasteiger partial charge in [0.2, 0.25) is 0 Å². The number of hydrogen-bond acceptors (Lipinski definition) is 2. The van der Waals surface area contributed by atoms with E-state index in [0.717, 1.165) is 0 Å². The number of carboxylic acids is 1. The number of benzene rings is 1. The first-order valence-corrected chi connectivity index (χ1v) is 6.49. The van der Waals surface area contributed by atoms with E-state index in [-0.39, 0.29) is 24.2 Å². The number of carbonyl (C=O) groups excluding carboxylic acids is 1. The quantitative estimate of drug-likeness (QED) is 0.886. The lowest BCUT2D eigenvalue weighted by Gasteiger charge is -2.39. The molecule has 1 aromatic rings.